The summed E-state index contributed by atoms with van der Waals surface area (Å²) in [5, 5.41) is 2.76. The monoisotopic (exact) mass is 396 g/mol. The van der Waals surface area contributed by atoms with E-state index >= 15 is 0 Å². The molecule has 8 nitrogen and oxygen atoms in total. The van der Waals surface area contributed by atoms with Crippen LogP contribution in [0.1, 0.15) is 17.0 Å². The Balaban J connectivity index is 1.38. The molecule has 0 radical (unpaired) electrons. The van der Waals surface area contributed by atoms with E-state index in [-0.39, 0.29) is 29.9 Å². The summed E-state index contributed by atoms with van der Waals surface area (Å²) in [6.07, 6.45) is 1.40. The Morgan fingerprint density at radius 3 is 2.45 bits per heavy atom. The zero-order valence-corrected chi connectivity index (χ0v) is 16.1. The lowest BCUT2D eigenvalue weighted by molar-refractivity contribution is -0.138. The molecule has 0 aliphatic carbocycles. The number of carbonyl (C=O) groups is 3. The van der Waals surface area contributed by atoms with Gasteiger partial charge in [-0.2, -0.15) is 0 Å². The highest BCUT2D eigenvalue weighted by Gasteiger charge is 2.37. The molecule has 152 valence electrons. The van der Waals surface area contributed by atoms with Crippen molar-refractivity contribution in [1.29, 1.82) is 0 Å². The number of carbonyl (C=O) groups excluding carboxylic acids is 3. The number of nitrogens with one attached hydrogen (secondary N) is 1. The summed E-state index contributed by atoms with van der Waals surface area (Å²) in [5.41, 5.74) is 1.14. The second-order valence-electron chi connectivity index (χ2n) is 7.19. The van der Waals surface area contributed by atoms with Gasteiger partial charge in [0.1, 0.15) is 6.04 Å². The van der Waals surface area contributed by atoms with Crippen LogP contribution in [-0.4, -0.2) is 72.8 Å². The number of benzene rings is 1. The summed E-state index contributed by atoms with van der Waals surface area (Å²) < 4.78 is 5.18. The zero-order chi connectivity index (χ0) is 20.2. The number of rotatable bonds is 4. The molecule has 1 aromatic heterocycles. The van der Waals surface area contributed by atoms with Gasteiger partial charge in [-0.25, -0.2) is 0 Å². The van der Waals surface area contributed by atoms with Gasteiger partial charge in [-0.3, -0.25) is 14.4 Å². The van der Waals surface area contributed by atoms with Crippen molar-refractivity contribution < 1.29 is 18.8 Å². The third kappa shape index (κ3) is 4.11. The number of furan rings is 1. The molecule has 3 heterocycles. The topological polar surface area (TPSA) is 86.1 Å². The highest BCUT2D eigenvalue weighted by molar-refractivity contribution is 5.98. The van der Waals surface area contributed by atoms with Gasteiger partial charge in [-0.1, -0.05) is 18.2 Å². The maximum atomic E-state index is 12.9. The van der Waals surface area contributed by atoms with E-state index in [1.807, 2.05) is 18.2 Å². The van der Waals surface area contributed by atoms with Crippen molar-refractivity contribution in [3.63, 3.8) is 0 Å². The number of hydrogen-bond donors (Lipinski definition) is 1. The van der Waals surface area contributed by atoms with Gasteiger partial charge in [0, 0.05) is 45.0 Å². The molecule has 29 heavy (non-hydrogen) atoms. The van der Waals surface area contributed by atoms with Gasteiger partial charge in [0.05, 0.1) is 12.7 Å². The van der Waals surface area contributed by atoms with Gasteiger partial charge >= 0.3 is 0 Å². The number of piperazine rings is 2. The van der Waals surface area contributed by atoms with Crippen LogP contribution in [-0.2, 0) is 9.59 Å². The second kappa shape index (κ2) is 8.38. The lowest BCUT2D eigenvalue weighted by Crippen LogP contribution is -2.59. The number of anilines is 1. The molecule has 2 aliphatic heterocycles. The van der Waals surface area contributed by atoms with E-state index in [4.69, 9.17) is 4.42 Å². The molecule has 0 spiro atoms. The summed E-state index contributed by atoms with van der Waals surface area (Å²) in [5.74, 6) is -0.602. The Hall–Kier alpha value is -3.29. The third-order valence-corrected chi connectivity index (χ3v) is 5.45. The van der Waals surface area contributed by atoms with Crippen molar-refractivity contribution in [2.24, 2.45) is 0 Å². The Kier molecular flexibility index (Phi) is 5.50. The van der Waals surface area contributed by atoms with Gasteiger partial charge < -0.3 is 24.4 Å². The summed E-state index contributed by atoms with van der Waals surface area (Å²) in [6, 6.07) is 12.5. The number of amides is 3. The molecule has 4 rings (SSSR count). The van der Waals surface area contributed by atoms with Gasteiger partial charge in [0.15, 0.2) is 5.76 Å². The van der Waals surface area contributed by atoms with Crippen LogP contribution in [0.3, 0.4) is 0 Å². The van der Waals surface area contributed by atoms with Crippen LogP contribution in [0.4, 0.5) is 5.69 Å². The van der Waals surface area contributed by atoms with E-state index < -0.39 is 6.04 Å². The molecule has 2 aromatic rings. The standard InChI is InChI=1S/C21H24N4O4/c26-19(24-12-10-23(11-13-24)16-5-2-1-3-6-16)15-17-20(27)22-8-9-25(17)21(28)18-7-4-14-29-18/h1-7,14,17H,8-13,15H2,(H,22,27)/t17-/m1/s1. The molecular weight excluding hydrogens is 372 g/mol. The van der Waals surface area contributed by atoms with Crippen LogP contribution >= 0.6 is 0 Å². The third-order valence-electron chi connectivity index (χ3n) is 5.45. The fourth-order valence-corrected chi connectivity index (χ4v) is 3.85. The number of hydrogen-bond acceptors (Lipinski definition) is 5. The van der Waals surface area contributed by atoms with Crippen LogP contribution in [0.5, 0.6) is 0 Å². The van der Waals surface area contributed by atoms with E-state index in [9.17, 15) is 14.4 Å². The SMILES string of the molecule is O=C1NCCN(C(=O)c2ccco2)[C@@H]1CC(=O)N1CCN(c2ccccc2)CC1. The van der Waals surface area contributed by atoms with E-state index in [1.165, 1.54) is 11.2 Å². The van der Waals surface area contributed by atoms with E-state index in [1.54, 1.807) is 17.0 Å². The number of para-hydroxylation sites is 1. The minimum atomic E-state index is -0.819. The lowest BCUT2D eigenvalue weighted by Gasteiger charge is -2.38. The predicted molar refractivity (Wildman–Crippen MR) is 106 cm³/mol. The second-order valence-corrected chi connectivity index (χ2v) is 7.19. The highest BCUT2D eigenvalue weighted by atomic mass is 16.3. The van der Waals surface area contributed by atoms with Crippen molar-refractivity contribution in [3.05, 3.63) is 54.5 Å². The molecule has 1 atom stereocenters. The van der Waals surface area contributed by atoms with Crippen LogP contribution in [0, 0.1) is 0 Å². The van der Waals surface area contributed by atoms with Crippen molar-refractivity contribution in [2.45, 2.75) is 12.5 Å². The molecule has 1 aromatic carbocycles. The highest BCUT2D eigenvalue weighted by Crippen LogP contribution is 2.18. The summed E-state index contributed by atoms with van der Waals surface area (Å²) >= 11 is 0. The Morgan fingerprint density at radius 1 is 1.00 bits per heavy atom. The van der Waals surface area contributed by atoms with Crippen molar-refractivity contribution >= 4 is 23.4 Å². The average Bonchev–Trinajstić information content (AvgIpc) is 3.30. The van der Waals surface area contributed by atoms with E-state index in [0.717, 1.165) is 18.8 Å². The molecule has 2 fully saturated rings. The first-order valence-corrected chi connectivity index (χ1v) is 9.83. The summed E-state index contributed by atoms with van der Waals surface area (Å²) in [7, 11) is 0. The number of nitrogens with zero attached hydrogens (tertiary/aromatic N) is 3. The summed E-state index contributed by atoms with van der Waals surface area (Å²) in [4.78, 5) is 43.4. The molecule has 1 N–H and O–H groups in total. The van der Waals surface area contributed by atoms with Gasteiger partial charge in [-0.15, -0.1) is 0 Å². The zero-order valence-electron chi connectivity index (χ0n) is 16.1. The van der Waals surface area contributed by atoms with Gasteiger partial charge in [0.2, 0.25) is 11.8 Å². The predicted octanol–water partition coefficient (Wildman–Crippen LogP) is 0.959. The Labute approximate surface area is 169 Å². The first-order chi connectivity index (χ1) is 14.1. The van der Waals surface area contributed by atoms with Crippen molar-refractivity contribution in [1.82, 2.24) is 15.1 Å². The van der Waals surface area contributed by atoms with Crippen LogP contribution in [0.15, 0.2) is 53.1 Å². The van der Waals surface area contributed by atoms with Crippen molar-refractivity contribution in [3.8, 4) is 0 Å². The maximum Gasteiger partial charge on any atom is 0.290 e. The fraction of sp³-hybridized carbons (Fsp3) is 0.381. The van der Waals surface area contributed by atoms with E-state index in [2.05, 4.69) is 22.3 Å². The Bertz CT molecular complexity index is 860. The van der Waals surface area contributed by atoms with Crippen molar-refractivity contribution in [2.75, 3.05) is 44.2 Å². The molecular formula is C21H24N4O4. The first kappa shape index (κ1) is 19.0. The molecule has 2 saturated heterocycles. The summed E-state index contributed by atoms with van der Waals surface area (Å²) in [6.45, 7) is 3.38. The largest absolute Gasteiger partial charge is 0.459 e. The minimum absolute atomic E-state index is 0.0242. The van der Waals surface area contributed by atoms with Crippen LogP contribution < -0.4 is 10.2 Å². The minimum Gasteiger partial charge on any atom is -0.459 e. The quantitative estimate of drug-likeness (QED) is 0.832. The molecule has 0 saturated carbocycles. The van der Waals surface area contributed by atoms with Gasteiger partial charge in [-0.05, 0) is 24.3 Å². The van der Waals surface area contributed by atoms with Crippen LogP contribution in [0.25, 0.3) is 0 Å². The van der Waals surface area contributed by atoms with Crippen LogP contribution in [0.2, 0.25) is 0 Å². The molecule has 0 bridgehead atoms. The molecule has 0 unspecified atom stereocenters. The first-order valence-electron chi connectivity index (χ1n) is 9.83. The molecule has 8 heteroatoms. The smallest absolute Gasteiger partial charge is 0.290 e. The molecule has 2 aliphatic rings. The van der Waals surface area contributed by atoms with E-state index in [0.29, 0.717) is 26.2 Å². The normalized spacial score (nSPS) is 19.8. The fourth-order valence-electron chi connectivity index (χ4n) is 3.85. The van der Waals surface area contributed by atoms with Gasteiger partial charge in [0.25, 0.3) is 5.91 Å². The maximum absolute atomic E-state index is 12.9. The molecule has 3 amide bonds. The lowest BCUT2D eigenvalue weighted by atomic mass is 10.1. The average molecular weight is 396 g/mol. The Morgan fingerprint density at radius 2 is 1.76 bits per heavy atom.